The summed E-state index contributed by atoms with van der Waals surface area (Å²) in [5, 5.41) is 12.4. The minimum Gasteiger partial charge on any atom is -0.328 e. The van der Waals surface area contributed by atoms with Crippen molar-refractivity contribution >= 4 is 23.4 Å². The largest absolute Gasteiger partial charge is 0.328 e. The number of rotatable bonds is 3. The number of para-hydroxylation sites is 2. The summed E-state index contributed by atoms with van der Waals surface area (Å²) in [6, 6.07) is 17.2. The predicted molar refractivity (Wildman–Crippen MR) is 180 cm³/mol. The molecular formula is C37H52N6O2. The molecule has 45 heavy (non-hydrogen) atoms. The van der Waals surface area contributed by atoms with Gasteiger partial charge in [0.1, 0.15) is 0 Å². The third kappa shape index (κ3) is 6.59. The number of hydrogen-bond donors (Lipinski definition) is 4. The molecule has 0 atom stereocenters. The molecule has 0 bridgehead atoms. The van der Waals surface area contributed by atoms with E-state index in [4.69, 9.17) is 0 Å². The van der Waals surface area contributed by atoms with Crippen molar-refractivity contribution in [3.8, 4) is 0 Å². The monoisotopic (exact) mass is 612 g/mol. The van der Waals surface area contributed by atoms with Crippen LogP contribution in [0.2, 0.25) is 0 Å². The van der Waals surface area contributed by atoms with Crippen LogP contribution in [0.25, 0.3) is 0 Å². The number of likely N-dealkylation sites (tertiary alicyclic amines) is 2. The van der Waals surface area contributed by atoms with Crippen LogP contribution < -0.4 is 21.3 Å². The fraction of sp³-hybridized carbons (Fsp3) is 0.622. The molecule has 8 rings (SSSR count). The Morgan fingerprint density at radius 1 is 0.600 bits per heavy atom. The molecule has 2 aromatic rings. The smallest absolute Gasteiger partial charge is 0.319 e. The molecule has 2 saturated carbocycles. The Bertz CT molecular complexity index is 1330. The molecule has 0 unspecified atom stereocenters. The van der Waals surface area contributed by atoms with E-state index in [1.807, 2.05) is 24.3 Å². The van der Waals surface area contributed by atoms with Crippen LogP contribution in [0.5, 0.6) is 0 Å². The van der Waals surface area contributed by atoms with Crippen molar-refractivity contribution in [3.05, 3.63) is 59.7 Å². The lowest BCUT2D eigenvalue weighted by molar-refractivity contribution is 0.0931. The maximum Gasteiger partial charge on any atom is 0.319 e. The van der Waals surface area contributed by atoms with Gasteiger partial charge in [-0.3, -0.25) is 0 Å². The van der Waals surface area contributed by atoms with Gasteiger partial charge in [0.2, 0.25) is 0 Å². The van der Waals surface area contributed by atoms with Crippen LogP contribution in [0.4, 0.5) is 21.0 Å². The van der Waals surface area contributed by atoms with Gasteiger partial charge in [0.05, 0.1) is 11.1 Å². The topological polar surface area (TPSA) is 88.7 Å². The number of benzene rings is 2. The SMILES string of the molecule is O=C1Nc2ccccc2C2(CCN(C3CCCCCC3)CC2)N1.O=C1Nc2ccccc2C2(CCN(CC3CCCC3)CC2)N1. The Morgan fingerprint density at radius 3 is 1.60 bits per heavy atom. The van der Waals surface area contributed by atoms with Crippen molar-refractivity contribution in [1.29, 1.82) is 0 Å². The van der Waals surface area contributed by atoms with E-state index in [2.05, 4.69) is 55.3 Å². The lowest BCUT2D eigenvalue weighted by atomic mass is 9.78. The highest BCUT2D eigenvalue weighted by Gasteiger charge is 2.43. The second-order valence-electron chi connectivity index (χ2n) is 14.5. The summed E-state index contributed by atoms with van der Waals surface area (Å²) in [7, 11) is 0. The van der Waals surface area contributed by atoms with Gasteiger partial charge in [-0.1, -0.05) is 74.9 Å². The third-order valence-electron chi connectivity index (χ3n) is 11.8. The lowest BCUT2D eigenvalue weighted by Gasteiger charge is -2.47. The van der Waals surface area contributed by atoms with Crippen LogP contribution >= 0.6 is 0 Å². The van der Waals surface area contributed by atoms with E-state index < -0.39 is 0 Å². The number of hydrogen-bond acceptors (Lipinski definition) is 4. The van der Waals surface area contributed by atoms with Crippen LogP contribution in [0.1, 0.15) is 101 Å². The quantitative estimate of drug-likeness (QED) is 0.278. The summed E-state index contributed by atoms with van der Waals surface area (Å²) in [5.74, 6) is 0.906. The summed E-state index contributed by atoms with van der Waals surface area (Å²) >= 11 is 0. The van der Waals surface area contributed by atoms with Gasteiger partial charge in [-0.2, -0.15) is 0 Å². The fourth-order valence-corrected chi connectivity index (χ4v) is 9.25. The normalized spacial score (nSPS) is 25.1. The van der Waals surface area contributed by atoms with E-state index in [0.717, 1.165) is 75.2 Å². The molecule has 4 amide bonds. The first kappa shape index (κ1) is 30.5. The summed E-state index contributed by atoms with van der Waals surface area (Å²) in [4.78, 5) is 29.4. The zero-order valence-electron chi connectivity index (χ0n) is 26.9. The Balaban J connectivity index is 0.000000145. The molecule has 2 aliphatic carbocycles. The second-order valence-corrected chi connectivity index (χ2v) is 14.5. The summed E-state index contributed by atoms with van der Waals surface area (Å²) in [6.07, 6.45) is 18.0. The summed E-state index contributed by atoms with van der Waals surface area (Å²) in [6.45, 7) is 5.62. The van der Waals surface area contributed by atoms with Crippen LogP contribution in [-0.4, -0.2) is 60.6 Å². The van der Waals surface area contributed by atoms with Gasteiger partial charge in [-0.25, -0.2) is 9.59 Å². The van der Waals surface area contributed by atoms with Crippen LogP contribution in [0, 0.1) is 5.92 Å². The summed E-state index contributed by atoms with van der Waals surface area (Å²) < 4.78 is 0. The van der Waals surface area contributed by atoms with Crippen molar-refractivity contribution in [2.75, 3.05) is 43.4 Å². The first-order valence-electron chi connectivity index (χ1n) is 17.9. The lowest BCUT2D eigenvalue weighted by Crippen LogP contribution is -2.58. The Kier molecular flexibility index (Phi) is 9.05. The van der Waals surface area contributed by atoms with Gasteiger partial charge in [0, 0.05) is 61.3 Å². The molecule has 0 aromatic heterocycles. The minimum atomic E-state index is -0.167. The molecule has 4 aliphatic heterocycles. The highest BCUT2D eigenvalue weighted by atomic mass is 16.2. The second kappa shape index (κ2) is 13.3. The van der Waals surface area contributed by atoms with Crippen molar-refractivity contribution in [1.82, 2.24) is 20.4 Å². The molecule has 2 aromatic carbocycles. The van der Waals surface area contributed by atoms with E-state index >= 15 is 0 Å². The van der Waals surface area contributed by atoms with E-state index in [-0.39, 0.29) is 23.1 Å². The maximum absolute atomic E-state index is 12.1. The van der Waals surface area contributed by atoms with Gasteiger partial charge < -0.3 is 31.1 Å². The van der Waals surface area contributed by atoms with Gasteiger partial charge >= 0.3 is 12.1 Å². The average molecular weight is 613 g/mol. The van der Waals surface area contributed by atoms with E-state index in [1.165, 1.54) is 81.9 Å². The van der Waals surface area contributed by atoms with Crippen molar-refractivity contribution in [2.45, 2.75) is 107 Å². The first-order chi connectivity index (χ1) is 22.0. The van der Waals surface area contributed by atoms with Gasteiger partial charge in [0.25, 0.3) is 0 Å². The molecule has 4 N–H and O–H groups in total. The highest BCUT2D eigenvalue weighted by Crippen LogP contribution is 2.42. The van der Waals surface area contributed by atoms with Gasteiger partial charge in [0.15, 0.2) is 0 Å². The number of piperidine rings is 2. The molecule has 242 valence electrons. The van der Waals surface area contributed by atoms with E-state index in [1.54, 1.807) is 0 Å². The van der Waals surface area contributed by atoms with Crippen LogP contribution in [0.15, 0.2) is 48.5 Å². The molecule has 4 heterocycles. The molecule has 4 fully saturated rings. The standard InChI is InChI=1S/C19H27N3O.C18H25N3O/c23-18-20-17-10-6-5-9-16(17)19(21-18)11-13-22(14-12-19)15-7-3-1-2-4-8-15;22-17-19-16-8-4-3-7-15(16)18(20-17)9-11-21(12-10-18)13-14-5-1-2-6-14/h5-6,9-10,15H,1-4,7-8,11-14H2,(H2,20,21,23);3-4,7-8,14H,1-2,5-6,9-13H2,(H2,19,20,22). The molecule has 0 radical (unpaired) electrons. The molecule has 2 spiro atoms. The molecule has 8 nitrogen and oxygen atoms in total. The van der Waals surface area contributed by atoms with Crippen LogP contribution in [-0.2, 0) is 11.1 Å². The number of nitrogens with one attached hydrogen (secondary N) is 4. The number of nitrogens with zero attached hydrogens (tertiary/aromatic N) is 2. The fourth-order valence-electron chi connectivity index (χ4n) is 9.25. The average Bonchev–Trinajstić information content (AvgIpc) is 3.42. The Morgan fingerprint density at radius 2 is 1.07 bits per heavy atom. The molecular weight excluding hydrogens is 560 g/mol. The zero-order chi connectivity index (χ0) is 30.7. The molecule has 8 heteroatoms. The van der Waals surface area contributed by atoms with Crippen molar-refractivity contribution < 1.29 is 9.59 Å². The van der Waals surface area contributed by atoms with Crippen molar-refractivity contribution in [2.24, 2.45) is 5.92 Å². The maximum atomic E-state index is 12.1. The predicted octanol–water partition coefficient (Wildman–Crippen LogP) is 7.14. The third-order valence-corrected chi connectivity index (χ3v) is 11.8. The van der Waals surface area contributed by atoms with E-state index in [0.29, 0.717) is 0 Å². The minimum absolute atomic E-state index is 0.0494. The molecule has 6 aliphatic rings. The highest BCUT2D eigenvalue weighted by molar-refractivity contribution is 5.94. The summed E-state index contributed by atoms with van der Waals surface area (Å²) in [5.41, 5.74) is 4.16. The first-order valence-corrected chi connectivity index (χ1v) is 17.9. The number of amides is 4. The number of carbonyl (C=O) groups is 2. The van der Waals surface area contributed by atoms with Crippen LogP contribution in [0.3, 0.4) is 0 Å². The number of anilines is 2. The van der Waals surface area contributed by atoms with Gasteiger partial charge in [-0.05, 0) is 69.4 Å². The van der Waals surface area contributed by atoms with Gasteiger partial charge in [-0.15, -0.1) is 0 Å². The number of fused-ring (bicyclic) bond motifs is 4. The zero-order valence-corrected chi connectivity index (χ0v) is 26.9. The number of carbonyl (C=O) groups excluding carboxylic acids is 2. The molecule has 2 saturated heterocycles. The Hall–Kier alpha value is -3.10. The Labute approximate surface area is 269 Å². The van der Waals surface area contributed by atoms with Crippen molar-refractivity contribution in [3.63, 3.8) is 0 Å². The number of urea groups is 2. The van der Waals surface area contributed by atoms with E-state index in [9.17, 15) is 9.59 Å².